The van der Waals surface area contributed by atoms with Crippen LogP contribution in [0.2, 0.25) is 0 Å². The van der Waals surface area contributed by atoms with Crippen LogP contribution < -0.4 is 5.32 Å². The number of nitrogens with one attached hydrogen (secondary N) is 1. The average molecular weight is 337 g/mol. The molecule has 0 spiro atoms. The lowest BCUT2D eigenvalue weighted by Gasteiger charge is -2.33. The Morgan fingerprint density at radius 1 is 1.42 bits per heavy atom. The molecule has 8 heteroatoms. The highest BCUT2D eigenvalue weighted by Crippen LogP contribution is 2.18. The summed E-state index contributed by atoms with van der Waals surface area (Å²) in [5, 5.41) is 13.2. The van der Waals surface area contributed by atoms with E-state index in [9.17, 15) is 9.90 Å². The van der Waals surface area contributed by atoms with Crippen molar-refractivity contribution in [1.29, 1.82) is 0 Å². The van der Waals surface area contributed by atoms with E-state index in [2.05, 4.69) is 29.0 Å². The van der Waals surface area contributed by atoms with E-state index in [-0.39, 0.29) is 12.1 Å². The molecular weight excluding hydrogens is 310 g/mol. The fourth-order valence-corrected chi connectivity index (χ4v) is 3.42. The zero-order chi connectivity index (χ0) is 17.1. The molecule has 134 valence electrons. The first kappa shape index (κ1) is 17.2. The van der Waals surface area contributed by atoms with Gasteiger partial charge in [-0.2, -0.15) is 0 Å². The Kier molecular flexibility index (Phi) is 5.37. The molecule has 0 unspecified atom stereocenters. The Bertz CT molecular complexity index is 556. The van der Waals surface area contributed by atoms with Crippen LogP contribution in [0.5, 0.6) is 0 Å². The zero-order valence-corrected chi connectivity index (χ0v) is 14.4. The standard InChI is InChI=1S/C16H27N5O3/c1-12(2)21-4-3-17-15(21)9-18-16(23)20-10-13(14(22)11-20)19-5-7-24-8-6-19/h3-4,12-14,22H,5-11H2,1-2H3,(H,18,23)/t13-,14-/m0/s1. The number of amides is 2. The van der Waals surface area contributed by atoms with Crippen molar-refractivity contribution in [2.45, 2.75) is 38.6 Å². The van der Waals surface area contributed by atoms with Crippen molar-refractivity contribution >= 4 is 6.03 Å². The van der Waals surface area contributed by atoms with Crippen LogP contribution in [0.15, 0.2) is 12.4 Å². The number of urea groups is 1. The first-order valence-electron chi connectivity index (χ1n) is 8.60. The molecule has 2 atom stereocenters. The number of carbonyl (C=O) groups is 1. The average Bonchev–Trinajstić information content (AvgIpc) is 3.20. The summed E-state index contributed by atoms with van der Waals surface area (Å²) in [7, 11) is 0. The van der Waals surface area contributed by atoms with Crippen LogP contribution in [0.1, 0.15) is 25.7 Å². The molecule has 0 radical (unpaired) electrons. The summed E-state index contributed by atoms with van der Waals surface area (Å²) in [5.74, 6) is 0.836. The summed E-state index contributed by atoms with van der Waals surface area (Å²) >= 11 is 0. The molecule has 1 aromatic rings. The van der Waals surface area contributed by atoms with Gasteiger partial charge in [-0.3, -0.25) is 4.90 Å². The maximum Gasteiger partial charge on any atom is 0.317 e. The fourth-order valence-electron chi connectivity index (χ4n) is 3.42. The number of likely N-dealkylation sites (tertiary alicyclic amines) is 1. The molecule has 0 aliphatic carbocycles. The third-order valence-corrected chi connectivity index (χ3v) is 4.76. The Morgan fingerprint density at radius 3 is 2.88 bits per heavy atom. The maximum atomic E-state index is 12.4. The largest absolute Gasteiger partial charge is 0.390 e. The quantitative estimate of drug-likeness (QED) is 0.811. The van der Waals surface area contributed by atoms with E-state index in [1.165, 1.54) is 0 Å². The number of morpholine rings is 1. The summed E-state index contributed by atoms with van der Waals surface area (Å²) in [6.45, 7) is 8.46. The van der Waals surface area contributed by atoms with Crippen molar-refractivity contribution in [1.82, 2.24) is 24.7 Å². The van der Waals surface area contributed by atoms with Gasteiger partial charge >= 0.3 is 6.03 Å². The fraction of sp³-hybridized carbons (Fsp3) is 0.750. The van der Waals surface area contributed by atoms with Crippen molar-refractivity contribution in [2.75, 3.05) is 39.4 Å². The third-order valence-electron chi connectivity index (χ3n) is 4.76. The van der Waals surface area contributed by atoms with E-state index < -0.39 is 6.10 Å². The van der Waals surface area contributed by atoms with Crippen LogP contribution in [-0.2, 0) is 11.3 Å². The molecule has 2 aliphatic rings. The molecule has 0 saturated carbocycles. The lowest BCUT2D eigenvalue weighted by Crippen LogP contribution is -2.49. The molecule has 2 aliphatic heterocycles. The van der Waals surface area contributed by atoms with Crippen LogP contribution in [0.3, 0.4) is 0 Å². The van der Waals surface area contributed by atoms with E-state index in [1.54, 1.807) is 11.1 Å². The second-order valence-corrected chi connectivity index (χ2v) is 6.69. The zero-order valence-electron chi connectivity index (χ0n) is 14.4. The van der Waals surface area contributed by atoms with Crippen molar-refractivity contribution in [3.05, 3.63) is 18.2 Å². The molecule has 1 aromatic heterocycles. The Hall–Kier alpha value is -1.64. The predicted octanol–water partition coefficient (Wildman–Crippen LogP) is 0.0509. The van der Waals surface area contributed by atoms with E-state index >= 15 is 0 Å². The third kappa shape index (κ3) is 3.71. The number of aliphatic hydroxyl groups is 1. The Morgan fingerprint density at radius 2 is 2.17 bits per heavy atom. The van der Waals surface area contributed by atoms with Crippen molar-refractivity contribution in [3.8, 4) is 0 Å². The van der Waals surface area contributed by atoms with Crippen LogP contribution >= 0.6 is 0 Å². The van der Waals surface area contributed by atoms with Gasteiger partial charge in [0.15, 0.2) is 0 Å². The number of β-amino-alcohol motifs (C(OH)–C–C–N with tert-alkyl or cyclic N) is 1. The summed E-state index contributed by atoms with van der Waals surface area (Å²) in [6.07, 6.45) is 3.15. The SMILES string of the molecule is CC(C)n1ccnc1CNC(=O)N1C[C@H](O)[C@@H](N2CCOCC2)C1. The number of carbonyl (C=O) groups excluding carboxylic acids is 1. The number of imidazole rings is 1. The summed E-state index contributed by atoms with van der Waals surface area (Å²) in [6, 6.07) is 0.152. The van der Waals surface area contributed by atoms with Crippen molar-refractivity contribution in [3.63, 3.8) is 0 Å². The number of aliphatic hydroxyl groups excluding tert-OH is 1. The summed E-state index contributed by atoms with van der Waals surface area (Å²) in [4.78, 5) is 20.6. The van der Waals surface area contributed by atoms with Gasteiger partial charge in [-0.1, -0.05) is 0 Å². The molecule has 2 N–H and O–H groups in total. The minimum atomic E-state index is -0.508. The van der Waals surface area contributed by atoms with Gasteiger partial charge in [0.1, 0.15) is 5.82 Å². The second kappa shape index (κ2) is 7.50. The van der Waals surface area contributed by atoms with Gasteiger partial charge in [0.05, 0.1) is 31.9 Å². The maximum absolute atomic E-state index is 12.4. The van der Waals surface area contributed by atoms with E-state index in [4.69, 9.17) is 4.74 Å². The number of nitrogens with zero attached hydrogens (tertiary/aromatic N) is 4. The van der Waals surface area contributed by atoms with Gasteiger partial charge in [-0.15, -0.1) is 0 Å². The monoisotopic (exact) mass is 337 g/mol. The van der Waals surface area contributed by atoms with Crippen molar-refractivity contribution < 1.29 is 14.6 Å². The Balaban J connectivity index is 1.53. The van der Waals surface area contributed by atoms with Gasteiger partial charge in [0.2, 0.25) is 0 Å². The highest BCUT2D eigenvalue weighted by Gasteiger charge is 2.38. The molecule has 3 rings (SSSR count). The Labute approximate surface area is 142 Å². The molecule has 2 amide bonds. The second-order valence-electron chi connectivity index (χ2n) is 6.69. The molecule has 2 saturated heterocycles. The summed E-state index contributed by atoms with van der Waals surface area (Å²) in [5.41, 5.74) is 0. The summed E-state index contributed by atoms with van der Waals surface area (Å²) < 4.78 is 7.39. The number of rotatable bonds is 4. The van der Waals surface area contributed by atoms with Crippen molar-refractivity contribution in [2.24, 2.45) is 0 Å². The molecular formula is C16H27N5O3. The van der Waals surface area contributed by atoms with E-state index in [0.717, 1.165) is 18.9 Å². The van der Waals surface area contributed by atoms with Crippen LogP contribution in [0.25, 0.3) is 0 Å². The van der Waals surface area contributed by atoms with Gasteiger partial charge in [0, 0.05) is 44.6 Å². The number of ether oxygens (including phenoxy) is 1. The molecule has 0 bridgehead atoms. The topological polar surface area (TPSA) is 82.9 Å². The van der Waals surface area contributed by atoms with Crippen LogP contribution in [-0.4, -0.2) is 82.0 Å². The van der Waals surface area contributed by atoms with Gasteiger partial charge < -0.3 is 24.6 Å². The highest BCUT2D eigenvalue weighted by molar-refractivity contribution is 5.74. The number of hydrogen-bond donors (Lipinski definition) is 2. The molecule has 3 heterocycles. The van der Waals surface area contributed by atoms with Gasteiger partial charge in [0.25, 0.3) is 0 Å². The number of aromatic nitrogens is 2. The van der Waals surface area contributed by atoms with E-state index in [0.29, 0.717) is 38.9 Å². The van der Waals surface area contributed by atoms with E-state index in [1.807, 2.05) is 10.8 Å². The number of hydrogen-bond acceptors (Lipinski definition) is 5. The minimum absolute atomic E-state index is 0.00250. The van der Waals surface area contributed by atoms with Crippen LogP contribution in [0, 0.1) is 0 Å². The minimum Gasteiger partial charge on any atom is -0.390 e. The molecule has 0 aromatic carbocycles. The lowest BCUT2D eigenvalue weighted by molar-refractivity contribution is -0.00608. The first-order valence-corrected chi connectivity index (χ1v) is 8.60. The van der Waals surface area contributed by atoms with Gasteiger partial charge in [-0.05, 0) is 13.8 Å². The first-order chi connectivity index (χ1) is 11.6. The smallest absolute Gasteiger partial charge is 0.317 e. The molecule has 2 fully saturated rings. The normalized spacial score (nSPS) is 25.4. The molecule has 24 heavy (non-hydrogen) atoms. The highest BCUT2D eigenvalue weighted by atomic mass is 16.5. The lowest BCUT2D eigenvalue weighted by atomic mass is 10.2. The van der Waals surface area contributed by atoms with Crippen LogP contribution in [0.4, 0.5) is 4.79 Å². The van der Waals surface area contributed by atoms with Gasteiger partial charge in [-0.25, -0.2) is 9.78 Å². The predicted molar refractivity (Wildman–Crippen MR) is 88.6 cm³/mol. The molecule has 8 nitrogen and oxygen atoms in total.